The zero-order valence-corrected chi connectivity index (χ0v) is 20.7. The van der Waals surface area contributed by atoms with Gasteiger partial charge in [-0.3, -0.25) is 0 Å². The molecule has 184 valence electrons. The first-order valence-corrected chi connectivity index (χ1v) is 13.1. The Labute approximate surface area is 195 Å². The first-order chi connectivity index (χ1) is 15.5. The minimum absolute atomic E-state index is 0.0294. The van der Waals surface area contributed by atoms with Gasteiger partial charge >= 0.3 is 0 Å². The molecule has 3 fully saturated rings. The van der Waals surface area contributed by atoms with Crippen LogP contribution in [0, 0.1) is 17.3 Å². The van der Waals surface area contributed by atoms with Gasteiger partial charge in [-0.25, -0.2) is 0 Å². The van der Waals surface area contributed by atoms with Gasteiger partial charge in [0.05, 0.1) is 19.3 Å². The number of aldehydes is 1. The van der Waals surface area contributed by atoms with Crippen molar-refractivity contribution >= 4 is 6.29 Å². The molecule has 0 aromatic carbocycles. The Morgan fingerprint density at radius 2 is 1.84 bits per heavy atom. The lowest BCUT2D eigenvalue weighted by molar-refractivity contribution is -0.315. The number of hydrogen-bond acceptors (Lipinski definition) is 5. The Bertz CT molecular complexity index is 571. The highest BCUT2D eigenvalue weighted by atomic mass is 16.7. The van der Waals surface area contributed by atoms with Crippen LogP contribution in [0.4, 0.5) is 0 Å². The van der Waals surface area contributed by atoms with Gasteiger partial charge in [-0.1, -0.05) is 65.0 Å². The molecule has 4 atom stereocenters. The third-order valence-electron chi connectivity index (χ3n) is 7.30. The summed E-state index contributed by atoms with van der Waals surface area (Å²) in [5.74, 6) is -0.252. The Morgan fingerprint density at radius 1 is 1.06 bits per heavy atom. The third kappa shape index (κ3) is 7.38. The lowest BCUT2D eigenvalue weighted by atomic mass is 9.87. The quantitative estimate of drug-likeness (QED) is 0.201. The molecule has 3 rings (SSSR count). The van der Waals surface area contributed by atoms with E-state index in [1.807, 2.05) is 0 Å². The maximum absolute atomic E-state index is 11.5. The van der Waals surface area contributed by atoms with E-state index in [1.54, 1.807) is 0 Å². The number of carbonyl (C=O) groups excluding carboxylic acids is 1. The standard InChI is InChI=1S/C27H46O5/c1-4-5-6-7-8-11-23(32-25-12-9-10-19-29-25)14-13-22-15-17-27(24(22)16-18-28)30-20-26(2,3)21-31-27/h13-14,18,22-25H,4-12,15-17,19-21H2,1-3H3/t22-,23?,24?,25?/m1/s1. The Hall–Kier alpha value is -0.750. The maximum atomic E-state index is 11.5. The van der Waals surface area contributed by atoms with Crippen LogP contribution >= 0.6 is 0 Å². The van der Waals surface area contributed by atoms with Crippen LogP contribution in [0.2, 0.25) is 0 Å². The van der Waals surface area contributed by atoms with Gasteiger partial charge in [0, 0.05) is 30.8 Å². The first kappa shape index (κ1) is 25.9. The monoisotopic (exact) mass is 450 g/mol. The van der Waals surface area contributed by atoms with E-state index >= 15 is 0 Å². The fourth-order valence-corrected chi connectivity index (χ4v) is 5.28. The van der Waals surface area contributed by atoms with Crippen molar-refractivity contribution in [2.75, 3.05) is 19.8 Å². The minimum atomic E-state index is -0.603. The van der Waals surface area contributed by atoms with Crippen LogP contribution in [0.15, 0.2) is 12.2 Å². The van der Waals surface area contributed by atoms with E-state index in [4.69, 9.17) is 18.9 Å². The van der Waals surface area contributed by atoms with Gasteiger partial charge in [-0.2, -0.15) is 0 Å². The van der Waals surface area contributed by atoms with Crippen LogP contribution in [0.5, 0.6) is 0 Å². The van der Waals surface area contributed by atoms with Gasteiger partial charge in [0.2, 0.25) is 0 Å². The highest BCUT2D eigenvalue weighted by molar-refractivity contribution is 5.50. The summed E-state index contributed by atoms with van der Waals surface area (Å²) in [6, 6.07) is 0. The summed E-state index contributed by atoms with van der Waals surface area (Å²) >= 11 is 0. The summed E-state index contributed by atoms with van der Waals surface area (Å²) in [6.45, 7) is 8.74. The predicted octanol–water partition coefficient (Wildman–Crippen LogP) is 6.20. The molecule has 2 saturated heterocycles. The van der Waals surface area contributed by atoms with E-state index in [1.165, 1.54) is 38.5 Å². The van der Waals surface area contributed by atoms with Crippen LogP contribution in [0.25, 0.3) is 0 Å². The lowest BCUT2D eigenvalue weighted by Gasteiger charge is -2.45. The summed E-state index contributed by atoms with van der Waals surface area (Å²) in [5.41, 5.74) is 0.0294. The van der Waals surface area contributed by atoms with Crippen molar-refractivity contribution in [3.8, 4) is 0 Å². The van der Waals surface area contributed by atoms with Crippen molar-refractivity contribution in [2.24, 2.45) is 17.3 Å². The largest absolute Gasteiger partial charge is 0.353 e. The number of rotatable bonds is 12. The fourth-order valence-electron chi connectivity index (χ4n) is 5.28. The summed E-state index contributed by atoms with van der Waals surface area (Å²) in [5, 5.41) is 0. The minimum Gasteiger partial charge on any atom is -0.353 e. The van der Waals surface area contributed by atoms with Crippen LogP contribution < -0.4 is 0 Å². The number of carbonyl (C=O) groups is 1. The van der Waals surface area contributed by atoms with E-state index in [9.17, 15) is 4.79 Å². The molecule has 0 bridgehead atoms. The normalized spacial score (nSPS) is 30.7. The fraction of sp³-hybridized carbons (Fsp3) is 0.889. The molecule has 3 unspecified atom stereocenters. The van der Waals surface area contributed by atoms with E-state index < -0.39 is 5.79 Å². The average Bonchev–Trinajstić information content (AvgIpc) is 3.12. The molecule has 32 heavy (non-hydrogen) atoms. The first-order valence-electron chi connectivity index (χ1n) is 13.1. The zero-order chi connectivity index (χ0) is 22.9. The summed E-state index contributed by atoms with van der Waals surface area (Å²) < 4.78 is 24.8. The Morgan fingerprint density at radius 3 is 2.53 bits per heavy atom. The van der Waals surface area contributed by atoms with Crippen LogP contribution in [-0.4, -0.2) is 44.3 Å². The van der Waals surface area contributed by atoms with Crippen molar-refractivity contribution < 1.29 is 23.7 Å². The second kappa shape index (κ2) is 12.6. The molecule has 0 aromatic heterocycles. The van der Waals surface area contributed by atoms with Gasteiger partial charge in [0.15, 0.2) is 12.1 Å². The molecule has 0 N–H and O–H groups in total. The molecule has 5 nitrogen and oxygen atoms in total. The average molecular weight is 451 g/mol. The second-order valence-corrected chi connectivity index (χ2v) is 10.8. The van der Waals surface area contributed by atoms with Gasteiger partial charge in [-0.15, -0.1) is 0 Å². The number of hydrogen-bond donors (Lipinski definition) is 0. The smallest absolute Gasteiger partial charge is 0.172 e. The van der Waals surface area contributed by atoms with E-state index in [0.717, 1.165) is 45.0 Å². The third-order valence-corrected chi connectivity index (χ3v) is 7.30. The summed E-state index contributed by atoms with van der Waals surface area (Å²) in [6.07, 6.45) is 18.5. The molecular weight excluding hydrogens is 404 g/mol. The molecule has 0 aromatic rings. The predicted molar refractivity (Wildman–Crippen MR) is 126 cm³/mol. The van der Waals surface area contributed by atoms with Crippen molar-refractivity contribution in [1.82, 2.24) is 0 Å². The molecule has 1 saturated carbocycles. The Kier molecular flexibility index (Phi) is 10.2. The van der Waals surface area contributed by atoms with Crippen molar-refractivity contribution in [2.45, 2.75) is 116 Å². The van der Waals surface area contributed by atoms with Gasteiger partial charge < -0.3 is 23.7 Å². The molecule has 5 heteroatoms. The molecular formula is C27H46O5. The van der Waals surface area contributed by atoms with Crippen LogP contribution in [-0.2, 0) is 23.7 Å². The van der Waals surface area contributed by atoms with Gasteiger partial charge in [0.25, 0.3) is 0 Å². The van der Waals surface area contributed by atoms with Crippen molar-refractivity contribution in [3.05, 3.63) is 12.2 Å². The van der Waals surface area contributed by atoms with Crippen molar-refractivity contribution in [3.63, 3.8) is 0 Å². The maximum Gasteiger partial charge on any atom is 0.172 e. The number of allylic oxidation sites excluding steroid dienone is 1. The summed E-state index contributed by atoms with van der Waals surface area (Å²) in [7, 11) is 0. The second-order valence-electron chi connectivity index (χ2n) is 10.8. The lowest BCUT2D eigenvalue weighted by Crippen LogP contribution is -2.50. The van der Waals surface area contributed by atoms with Crippen LogP contribution in [0.1, 0.15) is 97.8 Å². The van der Waals surface area contributed by atoms with Crippen LogP contribution in [0.3, 0.4) is 0 Å². The van der Waals surface area contributed by atoms with E-state index in [0.29, 0.717) is 19.6 Å². The molecule has 2 heterocycles. The highest BCUT2D eigenvalue weighted by Gasteiger charge is 2.52. The molecule has 3 aliphatic rings. The highest BCUT2D eigenvalue weighted by Crippen LogP contribution is 2.49. The molecule has 1 aliphatic carbocycles. The molecule has 0 amide bonds. The Balaban J connectivity index is 1.61. The summed E-state index contributed by atoms with van der Waals surface area (Å²) in [4.78, 5) is 11.5. The van der Waals surface area contributed by atoms with Crippen molar-refractivity contribution in [1.29, 1.82) is 0 Å². The topological polar surface area (TPSA) is 54.0 Å². The number of unbranched alkanes of at least 4 members (excludes halogenated alkanes) is 4. The zero-order valence-electron chi connectivity index (χ0n) is 20.7. The van der Waals surface area contributed by atoms with E-state index in [-0.39, 0.29) is 29.6 Å². The SMILES string of the molecule is CCCCCCCC(C=C[C@@H]1CCC2(OCC(C)(C)CO2)C1CC=O)OC1CCCCO1. The molecule has 1 spiro atoms. The van der Waals surface area contributed by atoms with Gasteiger partial charge in [-0.05, 0) is 38.0 Å². The van der Waals surface area contributed by atoms with Gasteiger partial charge in [0.1, 0.15) is 6.29 Å². The van der Waals surface area contributed by atoms with E-state index in [2.05, 4.69) is 32.9 Å². The number of ether oxygens (including phenoxy) is 4. The molecule has 2 aliphatic heterocycles. The molecule has 0 radical (unpaired) electrons.